The van der Waals surface area contributed by atoms with Gasteiger partial charge in [0.15, 0.2) is 22.8 Å². The molecule has 0 atom stereocenters. The number of aromatic hydroxyl groups is 3. The van der Waals surface area contributed by atoms with Crippen LogP contribution in [0.1, 0.15) is 18.4 Å². The van der Waals surface area contributed by atoms with Crippen LogP contribution >= 0.6 is 0 Å². The van der Waals surface area contributed by atoms with Gasteiger partial charge < -0.3 is 30.0 Å². The Kier molecular flexibility index (Phi) is 5.37. The number of furan rings is 1. The molecule has 1 aliphatic heterocycles. The molecule has 1 fully saturated rings. The predicted octanol–water partition coefficient (Wildman–Crippen LogP) is 3.44. The van der Waals surface area contributed by atoms with Gasteiger partial charge in [0.2, 0.25) is 5.91 Å². The molecule has 7 heteroatoms. The van der Waals surface area contributed by atoms with Crippen molar-refractivity contribution in [3.63, 3.8) is 0 Å². The van der Waals surface area contributed by atoms with E-state index in [-0.39, 0.29) is 34.8 Å². The lowest BCUT2D eigenvalue weighted by Crippen LogP contribution is -2.42. The molecule has 2 heterocycles. The molecule has 0 aliphatic carbocycles. The fourth-order valence-electron chi connectivity index (χ4n) is 3.66. The zero-order valence-corrected chi connectivity index (χ0v) is 16.6. The summed E-state index contributed by atoms with van der Waals surface area (Å²) < 4.78 is 5.78. The molecule has 1 saturated heterocycles. The molecule has 4 N–H and O–H groups in total. The quantitative estimate of drug-likeness (QED) is 0.389. The third-order valence-corrected chi connectivity index (χ3v) is 5.44. The lowest BCUT2D eigenvalue weighted by molar-refractivity contribution is -0.117. The first-order chi connectivity index (χ1) is 14.4. The highest BCUT2D eigenvalue weighted by Gasteiger charge is 2.18. The number of carbonyl (C=O) groups excluding carboxylic acids is 1. The SMILES string of the molecule is CN1CCC(NC(=O)/C=C/c2ccc(O)c3oc(-c4ccc(O)c(O)c4)cc23)CC1. The molecular weight excluding hydrogens is 384 g/mol. The van der Waals surface area contributed by atoms with E-state index >= 15 is 0 Å². The number of piperidine rings is 1. The van der Waals surface area contributed by atoms with Gasteiger partial charge in [-0.15, -0.1) is 0 Å². The summed E-state index contributed by atoms with van der Waals surface area (Å²) in [5.41, 5.74) is 1.56. The maximum atomic E-state index is 12.3. The van der Waals surface area contributed by atoms with Crippen molar-refractivity contribution in [3.8, 4) is 28.6 Å². The standard InChI is InChI=1S/C23H24N2O5/c1-25-10-8-16(9-11-25)24-22(29)7-4-14-2-6-19(27)23-17(14)13-21(30-23)15-3-5-18(26)20(28)12-15/h2-7,12-13,16,26-28H,8-11H2,1H3,(H,24,29)/b7-4+. The Morgan fingerprint density at radius 1 is 1.07 bits per heavy atom. The number of nitrogens with zero attached hydrogens (tertiary/aromatic N) is 1. The van der Waals surface area contributed by atoms with Crippen molar-refractivity contribution in [3.05, 3.63) is 48.0 Å². The van der Waals surface area contributed by atoms with Crippen LogP contribution in [-0.4, -0.2) is 52.3 Å². The first kappa shape index (κ1) is 19.8. The second-order valence-electron chi connectivity index (χ2n) is 7.65. The van der Waals surface area contributed by atoms with Gasteiger partial charge >= 0.3 is 0 Å². The average Bonchev–Trinajstić information content (AvgIpc) is 3.18. The van der Waals surface area contributed by atoms with E-state index in [4.69, 9.17) is 4.42 Å². The van der Waals surface area contributed by atoms with Gasteiger partial charge in [-0.3, -0.25) is 4.79 Å². The topological polar surface area (TPSA) is 106 Å². The van der Waals surface area contributed by atoms with Gasteiger partial charge in [-0.05, 0) is 75.0 Å². The second kappa shape index (κ2) is 8.12. The van der Waals surface area contributed by atoms with E-state index < -0.39 is 0 Å². The number of phenolic OH excluding ortho intramolecular Hbond substituents is 3. The first-order valence-electron chi connectivity index (χ1n) is 9.85. The lowest BCUT2D eigenvalue weighted by atomic mass is 10.1. The number of carbonyl (C=O) groups is 1. The summed E-state index contributed by atoms with van der Waals surface area (Å²) in [6.45, 7) is 1.94. The van der Waals surface area contributed by atoms with Crippen LogP contribution in [0.25, 0.3) is 28.4 Å². The van der Waals surface area contributed by atoms with Gasteiger partial charge in [0.05, 0.1) is 0 Å². The molecule has 7 nitrogen and oxygen atoms in total. The number of amides is 1. The molecule has 0 spiro atoms. The number of hydrogen-bond acceptors (Lipinski definition) is 6. The van der Waals surface area contributed by atoms with E-state index in [0.717, 1.165) is 31.5 Å². The number of nitrogens with one attached hydrogen (secondary N) is 1. The molecule has 1 aromatic heterocycles. The van der Waals surface area contributed by atoms with Gasteiger partial charge in [0, 0.05) is 23.1 Å². The summed E-state index contributed by atoms with van der Waals surface area (Å²) in [7, 11) is 2.08. The number of benzene rings is 2. The van der Waals surface area contributed by atoms with Crippen molar-refractivity contribution in [2.45, 2.75) is 18.9 Å². The van der Waals surface area contributed by atoms with Crippen LogP contribution < -0.4 is 5.32 Å². The van der Waals surface area contributed by atoms with E-state index in [2.05, 4.69) is 17.3 Å². The van der Waals surface area contributed by atoms with Crippen LogP contribution in [0.3, 0.4) is 0 Å². The maximum absolute atomic E-state index is 12.3. The second-order valence-corrected chi connectivity index (χ2v) is 7.65. The Labute approximate surface area is 173 Å². The van der Waals surface area contributed by atoms with Crippen LogP contribution in [0.15, 0.2) is 46.9 Å². The van der Waals surface area contributed by atoms with Crippen molar-refractivity contribution < 1.29 is 24.5 Å². The van der Waals surface area contributed by atoms with E-state index in [0.29, 0.717) is 16.7 Å². The first-order valence-corrected chi connectivity index (χ1v) is 9.85. The molecular formula is C23H24N2O5. The van der Waals surface area contributed by atoms with Crippen molar-refractivity contribution in [2.24, 2.45) is 0 Å². The van der Waals surface area contributed by atoms with E-state index in [1.165, 1.54) is 24.3 Å². The van der Waals surface area contributed by atoms with Crippen LogP contribution in [-0.2, 0) is 4.79 Å². The summed E-state index contributed by atoms with van der Waals surface area (Å²) >= 11 is 0. The summed E-state index contributed by atoms with van der Waals surface area (Å²) in [5, 5.41) is 33.1. The van der Waals surface area contributed by atoms with Crippen molar-refractivity contribution in [1.82, 2.24) is 10.2 Å². The zero-order valence-electron chi connectivity index (χ0n) is 16.6. The minimum Gasteiger partial charge on any atom is -0.504 e. The van der Waals surface area contributed by atoms with Crippen molar-refractivity contribution in [1.29, 1.82) is 0 Å². The minimum atomic E-state index is -0.261. The molecule has 0 radical (unpaired) electrons. The van der Waals surface area contributed by atoms with Crippen LogP contribution in [0.5, 0.6) is 17.2 Å². The Morgan fingerprint density at radius 3 is 2.53 bits per heavy atom. The Balaban J connectivity index is 1.57. The average molecular weight is 408 g/mol. The molecule has 0 unspecified atom stereocenters. The number of phenols is 3. The summed E-state index contributed by atoms with van der Waals surface area (Å²) in [5.74, 6) is -0.239. The highest BCUT2D eigenvalue weighted by atomic mass is 16.4. The molecule has 1 aliphatic rings. The molecule has 1 amide bonds. The third-order valence-electron chi connectivity index (χ3n) is 5.44. The van der Waals surface area contributed by atoms with Crippen LogP contribution in [0.2, 0.25) is 0 Å². The lowest BCUT2D eigenvalue weighted by Gasteiger charge is -2.29. The predicted molar refractivity (Wildman–Crippen MR) is 114 cm³/mol. The molecule has 0 bridgehead atoms. The number of fused-ring (bicyclic) bond motifs is 1. The fraction of sp³-hybridized carbons (Fsp3) is 0.261. The number of hydrogen-bond donors (Lipinski definition) is 4. The third kappa shape index (κ3) is 4.11. The monoisotopic (exact) mass is 408 g/mol. The van der Waals surface area contributed by atoms with E-state index in [1.54, 1.807) is 24.3 Å². The zero-order chi connectivity index (χ0) is 21.3. The normalized spacial score (nSPS) is 15.8. The molecule has 3 aromatic rings. The van der Waals surface area contributed by atoms with Gasteiger partial charge in [-0.25, -0.2) is 0 Å². The van der Waals surface area contributed by atoms with E-state index in [9.17, 15) is 20.1 Å². The highest BCUT2D eigenvalue weighted by molar-refractivity contribution is 5.98. The smallest absolute Gasteiger partial charge is 0.244 e. The Hall–Kier alpha value is -3.45. The van der Waals surface area contributed by atoms with Crippen LogP contribution in [0.4, 0.5) is 0 Å². The summed E-state index contributed by atoms with van der Waals surface area (Å²) in [4.78, 5) is 14.6. The summed E-state index contributed by atoms with van der Waals surface area (Å²) in [6, 6.07) is 9.49. The Morgan fingerprint density at radius 2 is 1.80 bits per heavy atom. The molecule has 0 saturated carbocycles. The molecule has 2 aromatic carbocycles. The van der Waals surface area contributed by atoms with Gasteiger partial charge in [-0.2, -0.15) is 0 Å². The Bertz CT molecular complexity index is 1110. The minimum absolute atomic E-state index is 0.0211. The summed E-state index contributed by atoms with van der Waals surface area (Å²) in [6.07, 6.45) is 5.05. The molecule has 156 valence electrons. The van der Waals surface area contributed by atoms with Gasteiger partial charge in [-0.1, -0.05) is 6.07 Å². The molecule has 30 heavy (non-hydrogen) atoms. The van der Waals surface area contributed by atoms with Gasteiger partial charge in [0.1, 0.15) is 5.76 Å². The van der Waals surface area contributed by atoms with Crippen molar-refractivity contribution in [2.75, 3.05) is 20.1 Å². The van der Waals surface area contributed by atoms with Gasteiger partial charge in [0.25, 0.3) is 0 Å². The molecule has 4 rings (SSSR count). The number of likely N-dealkylation sites (tertiary alicyclic amines) is 1. The number of rotatable bonds is 4. The van der Waals surface area contributed by atoms with E-state index in [1.807, 2.05) is 0 Å². The fourth-order valence-corrected chi connectivity index (χ4v) is 3.66. The highest BCUT2D eigenvalue weighted by Crippen LogP contribution is 2.37. The largest absolute Gasteiger partial charge is 0.504 e. The van der Waals surface area contributed by atoms with Crippen molar-refractivity contribution >= 4 is 23.0 Å². The van der Waals surface area contributed by atoms with Crippen LogP contribution in [0, 0.1) is 0 Å². The maximum Gasteiger partial charge on any atom is 0.244 e.